The van der Waals surface area contributed by atoms with Crippen LogP contribution in [0.1, 0.15) is 44.7 Å². The van der Waals surface area contributed by atoms with Crippen molar-refractivity contribution >= 4 is 10.9 Å². The molecule has 2 aromatic rings. The van der Waals surface area contributed by atoms with Crippen LogP contribution in [0.3, 0.4) is 0 Å². The van der Waals surface area contributed by atoms with Gasteiger partial charge >= 0.3 is 0 Å². The summed E-state index contributed by atoms with van der Waals surface area (Å²) in [7, 11) is 0. The quantitative estimate of drug-likeness (QED) is 0.811. The van der Waals surface area contributed by atoms with Crippen LogP contribution in [0, 0.1) is 5.92 Å². The molecule has 1 aromatic carbocycles. The second-order valence-electron chi connectivity index (χ2n) is 5.97. The van der Waals surface area contributed by atoms with Crippen LogP contribution >= 0.6 is 0 Å². The van der Waals surface area contributed by atoms with Crippen LogP contribution < -0.4 is 5.32 Å². The molecule has 1 aromatic heterocycles. The van der Waals surface area contributed by atoms with Crippen LogP contribution in [0.15, 0.2) is 24.3 Å². The summed E-state index contributed by atoms with van der Waals surface area (Å²) in [4.78, 5) is 0. The Morgan fingerprint density at radius 1 is 1.25 bits per heavy atom. The van der Waals surface area contributed by atoms with E-state index >= 15 is 0 Å². The lowest BCUT2D eigenvalue weighted by Gasteiger charge is -2.09. The predicted molar refractivity (Wildman–Crippen MR) is 83.7 cm³/mol. The summed E-state index contributed by atoms with van der Waals surface area (Å²) in [5.41, 5.74) is 2.50. The van der Waals surface area contributed by atoms with Crippen LogP contribution in [-0.2, 0) is 13.1 Å². The predicted octanol–water partition coefficient (Wildman–Crippen LogP) is 3.73. The molecule has 3 heteroatoms. The Morgan fingerprint density at radius 2 is 2.05 bits per heavy atom. The largest absolute Gasteiger partial charge is 0.311 e. The monoisotopic (exact) mass is 271 g/mol. The fourth-order valence-corrected chi connectivity index (χ4v) is 3.29. The molecule has 0 spiro atoms. The van der Waals surface area contributed by atoms with Crippen molar-refractivity contribution in [3.8, 4) is 0 Å². The number of hydrogen-bond acceptors (Lipinski definition) is 2. The molecule has 0 saturated heterocycles. The third-order valence-corrected chi connectivity index (χ3v) is 4.36. The zero-order chi connectivity index (χ0) is 13.8. The molecule has 1 N–H and O–H groups in total. The average molecular weight is 271 g/mol. The minimum absolute atomic E-state index is 0.828. The van der Waals surface area contributed by atoms with Gasteiger partial charge in [-0.05, 0) is 37.8 Å². The molecule has 3 rings (SSSR count). The van der Waals surface area contributed by atoms with Crippen LogP contribution in [0.2, 0.25) is 0 Å². The molecule has 0 radical (unpaired) electrons. The van der Waals surface area contributed by atoms with Gasteiger partial charge in [-0.1, -0.05) is 38.0 Å². The number of nitrogens with one attached hydrogen (secondary N) is 1. The van der Waals surface area contributed by atoms with Crippen LogP contribution in [-0.4, -0.2) is 16.3 Å². The molecular weight excluding hydrogens is 246 g/mol. The molecule has 1 heterocycles. The first-order valence-electron chi connectivity index (χ1n) is 8.03. The number of para-hydroxylation sites is 1. The Balaban J connectivity index is 1.83. The van der Waals surface area contributed by atoms with Crippen LogP contribution in [0.25, 0.3) is 10.9 Å². The van der Waals surface area contributed by atoms with Crippen molar-refractivity contribution < 1.29 is 0 Å². The lowest BCUT2D eigenvalue weighted by Crippen LogP contribution is -2.15. The Bertz CT molecular complexity index is 552. The molecule has 0 bridgehead atoms. The smallest absolute Gasteiger partial charge is 0.0841 e. The fraction of sp³-hybridized carbons (Fsp3) is 0.588. The van der Waals surface area contributed by atoms with E-state index in [1.165, 1.54) is 48.7 Å². The standard InChI is InChI=1S/C17H25N3/c1-2-11-18-12-16-15-9-5-6-10-17(15)20(19-16)13-14-7-3-4-8-14/h5-6,9-10,14,18H,2-4,7-8,11-13H2,1H3. The zero-order valence-electron chi connectivity index (χ0n) is 12.4. The van der Waals surface area contributed by atoms with Gasteiger partial charge in [-0.15, -0.1) is 0 Å². The first-order chi connectivity index (χ1) is 9.88. The van der Waals surface area contributed by atoms with Gasteiger partial charge in [0.25, 0.3) is 0 Å². The number of aromatic nitrogens is 2. The van der Waals surface area contributed by atoms with Crippen molar-refractivity contribution in [3.63, 3.8) is 0 Å². The molecule has 0 atom stereocenters. The molecule has 1 saturated carbocycles. The second-order valence-corrected chi connectivity index (χ2v) is 5.97. The molecule has 0 aliphatic heterocycles. The summed E-state index contributed by atoms with van der Waals surface area (Å²) in [5, 5.41) is 9.67. The molecular formula is C17H25N3. The second kappa shape index (κ2) is 6.40. The van der Waals surface area contributed by atoms with E-state index in [2.05, 4.69) is 41.2 Å². The van der Waals surface area contributed by atoms with Gasteiger partial charge in [0.1, 0.15) is 0 Å². The van der Waals surface area contributed by atoms with Crippen molar-refractivity contribution in [1.82, 2.24) is 15.1 Å². The van der Waals surface area contributed by atoms with Gasteiger partial charge in [0.05, 0.1) is 11.2 Å². The summed E-state index contributed by atoms with van der Waals surface area (Å²) >= 11 is 0. The highest BCUT2D eigenvalue weighted by Crippen LogP contribution is 2.28. The van der Waals surface area contributed by atoms with Crippen molar-refractivity contribution in [3.05, 3.63) is 30.0 Å². The summed E-state index contributed by atoms with van der Waals surface area (Å²) in [5.74, 6) is 0.828. The lowest BCUT2D eigenvalue weighted by atomic mass is 10.1. The van der Waals surface area contributed by atoms with Gasteiger partial charge < -0.3 is 5.32 Å². The summed E-state index contributed by atoms with van der Waals surface area (Å²) in [6, 6.07) is 8.66. The molecule has 1 aliphatic rings. The Morgan fingerprint density at radius 3 is 2.85 bits per heavy atom. The summed E-state index contributed by atoms with van der Waals surface area (Å²) in [6.45, 7) is 5.23. The Labute approximate surface area is 121 Å². The third kappa shape index (κ3) is 2.88. The maximum absolute atomic E-state index is 4.88. The maximum atomic E-state index is 4.88. The van der Waals surface area contributed by atoms with Gasteiger partial charge in [-0.2, -0.15) is 5.10 Å². The first-order valence-corrected chi connectivity index (χ1v) is 8.03. The van der Waals surface area contributed by atoms with Gasteiger partial charge in [-0.25, -0.2) is 0 Å². The van der Waals surface area contributed by atoms with Crippen molar-refractivity contribution in [1.29, 1.82) is 0 Å². The molecule has 1 aliphatic carbocycles. The van der Waals surface area contributed by atoms with Gasteiger partial charge in [-0.3, -0.25) is 4.68 Å². The van der Waals surface area contributed by atoms with Gasteiger partial charge in [0, 0.05) is 18.5 Å². The van der Waals surface area contributed by atoms with Crippen molar-refractivity contribution in [2.24, 2.45) is 5.92 Å². The summed E-state index contributed by atoms with van der Waals surface area (Å²) < 4.78 is 2.24. The fourth-order valence-electron chi connectivity index (χ4n) is 3.29. The first kappa shape index (κ1) is 13.6. The highest BCUT2D eigenvalue weighted by molar-refractivity contribution is 5.81. The highest BCUT2D eigenvalue weighted by atomic mass is 15.3. The normalized spacial score (nSPS) is 16.2. The van der Waals surface area contributed by atoms with Crippen LogP contribution in [0.4, 0.5) is 0 Å². The van der Waals surface area contributed by atoms with E-state index in [1.807, 2.05) is 0 Å². The van der Waals surface area contributed by atoms with E-state index in [-0.39, 0.29) is 0 Å². The number of hydrogen-bond donors (Lipinski definition) is 1. The molecule has 3 nitrogen and oxygen atoms in total. The topological polar surface area (TPSA) is 29.9 Å². The molecule has 0 unspecified atom stereocenters. The zero-order valence-corrected chi connectivity index (χ0v) is 12.4. The third-order valence-electron chi connectivity index (χ3n) is 4.36. The lowest BCUT2D eigenvalue weighted by molar-refractivity contribution is 0.434. The number of rotatable bonds is 6. The van der Waals surface area contributed by atoms with E-state index in [0.717, 1.165) is 25.6 Å². The van der Waals surface area contributed by atoms with Gasteiger partial charge in [0.2, 0.25) is 0 Å². The van der Waals surface area contributed by atoms with E-state index in [1.54, 1.807) is 0 Å². The highest BCUT2D eigenvalue weighted by Gasteiger charge is 2.18. The minimum atomic E-state index is 0.828. The molecule has 20 heavy (non-hydrogen) atoms. The Kier molecular flexibility index (Phi) is 4.36. The Hall–Kier alpha value is -1.35. The van der Waals surface area contributed by atoms with E-state index in [9.17, 15) is 0 Å². The molecule has 0 amide bonds. The number of nitrogens with zero attached hydrogens (tertiary/aromatic N) is 2. The van der Waals surface area contributed by atoms with Crippen molar-refractivity contribution in [2.45, 2.75) is 52.1 Å². The van der Waals surface area contributed by atoms with E-state index in [4.69, 9.17) is 5.10 Å². The number of benzene rings is 1. The van der Waals surface area contributed by atoms with Crippen LogP contribution in [0.5, 0.6) is 0 Å². The maximum Gasteiger partial charge on any atom is 0.0841 e. The van der Waals surface area contributed by atoms with Crippen molar-refractivity contribution in [2.75, 3.05) is 6.54 Å². The molecule has 108 valence electrons. The van der Waals surface area contributed by atoms with Gasteiger partial charge in [0.15, 0.2) is 0 Å². The molecule has 1 fully saturated rings. The minimum Gasteiger partial charge on any atom is -0.311 e. The number of fused-ring (bicyclic) bond motifs is 1. The average Bonchev–Trinajstić information content (AvgIpc) is 3.09. The summed E-state index contributed by atoms with van der Waals surface area (Å²) in [6.07, 6.45) is 6.71. The SMILES string of the molecule is CCCNCc1nn(CC2CCCC2)c2ccccc12. The van der Waals surface area contributed by atoms with E-state index in [0.29, 0.717) is 0 Å². The van der Waals surface area contributed by atoms with E-state index < -0.39 is 0 Å².